The lowest BCUT2D eigenvalue weighted by atomic mass is 9.90. The molecule has 5 rings (SSSR count). The molecule has 2 fully saturated rings. The number of benzene rings is 3. The number of nitrogens with one attached hydrogen (secondary N) is 1. The highest BCUT2D eigenvalue weighted by molar-refractivity contribution is 5.96. The molecule has 3 aromatic rings. The normalized spacial score (nSPS) is 20.4. The number of Topliss-reactive ketones (excluding diaryl/α,β-unsaturated/α-hetero) is 1. The molecule has 8 heteroatoms. The van der Waals surface area contributed by atoms with Crippen LogP contribution in [0.1, 0.15) is 116 Å². The zero-order valence-corrected chi connectivity index (χ0v) is 31.1. The van der Waals surface area contributed by atoms with E-state index in [-0.39, 0.29) is 23.4 Å². The Morgan fingerprint density at radius 3 is 2.31 bits per heavy atom. The average molecular weight is 716 g/mol. The van der Waals surface area contributed by atoms with Crippen molar-refractivity contribution in [3.63, 3.8) is 0 Å². The summed E-state index contributed by atoms with van der Waals surface area (Å²) in [5, 5.41) is 5.40. The maximum Gasteiger partial charge on any atom is 0.270 e. The Labute approximate surface area is 307 Å². The molecule has 1 amide bonds. The van der Waals surface area contributed by atoms with E-state index in [9.17, 15) is 18.4 Å². The highest BCUT2D eigenvalue weighted by Gasteiger charge is 2.24. The minimum Gasteiger partial charge on any atom is -0.457 e. The summed E-state index contributed by atoms with van der Waals surface area (Å²) >= 11 is 0. The van der Waals surface area contributed by atoms with Crippen LogP contribution in [-0.2, 0) is 15.4 Å². The van der Waals surface area contributed by atoms with E-state index in [1.54, 1.807) is 24.3 Å². The Balaban J connectivity index is 1.10. The number of unbranched alkanes of at least 4 members (excludes halogenated alkanes) is 2. The standard InChI is InChI=1S/C44H55F2NO5/c1-4-5-12-34-18-25-41(43(49)47-29-39-30-50-26-27-51-39)31(2)40(34)13-7-6-9-32-10-8-11-33(15-14-32)28-42(48)35-16-21-37(22-17-35)52-38-23-19-36(20-24-38)44(3,45)46/h12-13,16-25,32-33,39H,4-11,14-15,26-30H2,1-3H3,(H,47,49). The zero-order valence-electron chi connectivity index (χ0n) is 31.1. The molecule has 0 aromatic heterocycles. The molecule has 1 saturated heterocycles. The lowest BCUT2D eigenvalue weighted by molar-refractivity contribution is -0.0855. The molecule has 0 radical (unpaired) electrons. The van der Waals surface area contributed by atoms with Crippen molar-refractivity contribution < 1.29 is 32.6 Å². The molecule has 0 spiro atoms. The van der Waals surface area contributed by atoms with E-state index in [4.69, 9.17) is 14.2 Å². The SMILES string of the molecule is CCCC=c1ccc(C(=O)NCC2COCCO2)c(C)c1=CCCCC1CCCC(CC(=O)c2ccc(Oc3ccc(C(C)(F)F)cc3)cc2)CC1. The van der Waals surface area contributed by atoms with E-state index < -0.39 is 5.92 Å². The molecule has 1 aliphatic heterocycles. The Bertz CT molecular complexity index is 1730. The van der Waals surface area contributed by atoms with Crippen LogP contribution in [0.2, 0.25) is 0 Å². The van der Waals surface area contributed by atoms with E-state index >= 15 is 0 Å². The molecule has 3 unspecified atom stereocenters. The molecule has 6 nitrogen and oxygen atoms in total. The minimum absolute atomic E-state index is 0.0622. The molecule has 1 N–H and O–H groups in total. The molecule has 1 saturated carbocycles. The van der Waals surface area contributed by atoms with Gasteiger partial charge in [0.15, 0.2) is 5.78 Å². The van der Waals surface area contributed by atoms with Gasteiger partial charge in [-0.3, -0.25) is 9.59 Å². The number of hydrogen-bond acceptors (Lipinski definition) is 5. The van der Waals surface area contributed by atoms with Crippen LogP contribution in [-0.4, -0.2) is 44.2 Å². The molecule has 2 aliphatic rings. The van der Waals surface area contributed by atoms with Crippen LogP contribution in [0.25, 0.3) is 12.2 Å². The van der Waals surface area contributed by atoms with Crippen LogP contribution >= 0.6 is 0 Å². The van der Waals surface area contributed by atoms with Gasteiger partial charge in [-0.2, -0.15) is 0 Å². The van der Waals surface area contributed by atoms with E-state index in [0.29, 0.717) is 67.2 Å². The molecule has 3 aromatic carbocycles. The summed E-state index contributed by atoms with van der Waals surface area (Å²) in [4.78, 5) is 26.4. The number of ether oxygens (including phenoxy) is 3. The van der Waals surface area contributed by atoms with Crippen LogP contribution in [0.3, 0.4) is 0 Å². The smallest absolute Gasteiger partial charge is 0.270 e. The highest BCUT2D eigenvalue weighted by Crippen LogP contribution is 2.33. The van der Waals surface area contributed by atoms with Crippen molar-refractivity contribution in [3.8, 4) is 11.5 Å². The largest absolute Gasteiger partial charge is 0.457 e. The Morgan fingerprint density at radius 1 is 0.904 bits per heavy atom. The average Bonchev–Trinajstić information content (AvgIpc) is 3.37. The highest BCUT2D eigenvalue weighted by atomic mass is 19.3. The van der Waals surface area contributed by atoms with Crippen molar-refractivity contribution in [3.05, 3.63) is 93.4 Å². The summed E-state index contributed by atoms with van der Waals surface area (Å²) in [6.07, 6.45) is 16.0. The van der Waals surface area contributed by atoms with Crippen molar-refractivity contribution in [2.24, 2.45) is 11.8 Å². The van der Waals surface area contributed by atoms with Gasteiger partial charge in [-0.15, -0.1) is 0 Å². The van der Waals surface area contributed by atoms with Gasteiger partial charge in [-0.1, -0.05) is 63.7 Å². The summed E-state index contributed by atoms with van der Waals surface area (Å²) in [6.45, 7) is 7.20. The van der Waals surface area contributed by atoms with Gasteiger partial charge in [-0.25, -0.2) is 8.78 Å². The van der Waals surface area contributed by atoms with Crippen LogP contribution in [0, 0.1) is 18.8 Å². The first kappa shape index (κ1) is 39.3. The van der Waals surface area contributed by atoms with E-state index in [2.05, 4.69) is 37.4 Å². The lowest BCUT2D eigenvalue weighted by Crippen LogP contribution is -2.40. The summed E-state index contributed by atoms with van der Waals surface area (Å²) < 4.78 is 44.0. The van der Waals surface area contributed by atoms with Crippen molar-refractivity contribution in [2.45, 2.75) is 103 Å². The molecule has 1 aliphatic carbocycles. The first-order valence-electron chi connectivity index (χ1n) is 19.2. The first-order valence-corrected chi connectivity index (χ1v) is 19.2. The molecule has 280 valence electrons. The number of halogens is 2. The Morgan fingerprint density at radius 2 is 1.62 bits per heavy atom. The molecular formula is C44H55F2NO5. The monoisotopic (exact) mass is 715 g/mol. The molecule has 52 heavy (non-hydrogen) atoms. The van der Waals surface area contributed by atoms with Crippen molar-refractivity contribution in [1.82, 2.24) is 5.32 Å². The third-order valence-electron chi connectivity index (χ3n) is 10.4. The molecule has 3 atom stereocenters. The van der Waals surface area contributed by atoms with Crippen molar-refractivity contribution in [1.29, 1.82) is 0 Å². The zero-order chi connectivity index (χ0) is 36.9. The van der Waals surface area contributed by atoms with Gasteiger partial charge < -0.3 is 19.5 Å². The van der Waals surface area contributed by atoms with Gasteiger partial charge >= 0.3 is 0 Å². The summed E-state index contributed by atoms with van der Waals surface area (Å²) in [6, 6.07) is 16.9. The van der Waals surface area contributed by atoms with Crippen LogP contribution < -0.4 is 20.5 Å². The summed E-state index contributed by atoms with van der Waals surface area (Å²) in [5.41, 5.74) is 2.33. The molecular weight excluding hydrogens is 660 g/mol. The lowest BCUT2D eigenvalue weighted by Gasteiger charge is -2.23. The fourth-order valence-electron chi connectivity index (χ4n) is 7.34. The summed E-state index contributed by atoms with van der Waals surface area (Å²) in [7, 11) is 0. The molecule has 1 heterocycles. The van der Waals surface area contributed by atoms with Gasteiger partial charge in [0, 0.05) is 36.6 Å². The third kappa shape index (κ3) is 11.6. The number of carbonyl (C=O) groups excluding carboxylic acids is 2. The Hall–Kier alpha value is -3.88. The summed E-state index contributed by atoms with van der Waals surface area (Å²) in [5.74, 6) is -0.743. The quantitative estimate of drug-likeness (QED) is 0.0966. The second-order valence-electron chi connectivity index (χ2n) is 14.6. The van der Waals surface area contributed by atoms with Crippen molar-refractivity contribution >= 4 is 23.8 Å². The topological polar surface area (TPSA) is 73.9 Å². The number of hydrogen-bond donors (Lipinski definition) is 1. The number of alkyl halides is 2. The van der Waals surface area contributed by atoms with E-state index in [1.165, 1.54) is 42.3 Å². The van der Waals surface area contributed by atoms with Gasteiger partial charge in [0.05, 0.1) is 25.9 Å². The predicted octanol–water partition coefficient (Wildman–Crippen LogP) is 9.05. The van der Waals surface area contributed by atoms with Crippen LogP contribution in [0.15, 0.2) is 60.7 Å². The van der Waals surface area contributed by atoms with Crippen LogP contribution in [0.5, 0.6) is 11.5 Å². The van der Waals surface area contributed by atoms with Crippen molar-refractivity contribution in [2.75, 3.05) is 26.4 Å². The van der Waals surface area contributed by atoms with Crippen LogP contribution in [0.4, 0.5) is 8.78 Å². The van der Waals surface area contributed by atoms with Gasteiger partial charge in [0.1, 0.15) is 11.5 Å². The first-order chi connectivity index (χ1) is 25.1. The minimum atomic E-state index is -2.90. The fraction of sp³-hybridized carbons (Fsp3) is 0.500. The van der Waals surface area contributed by atoms with E-state index in [0.717, 1.165) is 69.1 Å². The fourth-order valence-corrected chi connectivity index (χ4v) is 7.34. The van der Waals surface area contributed by atoms with Gasteiger partial charge in [0.2, 0.25) is 0 Å². The third-order valence-corrected chi connectivity index (χ3v) is 10.4. The number of rotatable bonds is 15. The molecule has 0 bridgehead atoms. The maximum absolute atomic E-state index is 13.5. The Kier molecular flexibility index (Phi) is 14.6. The number of carbonyl (C=O) groups is 2. The van der Waals surface area contributed by atoms with Gasteiger partial charge in [-0.05, 0) is 115 Å². The maximum atomic E-state index is 13.5. The van der Waals surface area contributed by atoms with E-state index in [1.807, 2.05) is 6.07 Å². The second kappa shape index (κ2) is 19.3. The predicted molar refractivity (Wildman–Crippen MR) is 203 cm³/mol. The van der Waals surface area contributed by atoms with Gasteiger partial charge in [0.25, 0.3) is 11.8 Å². The number of ketones is 1. The number of amides is 1. The second-order valence-corrected chi connectivity index (χ2v) is 14.6.